The van der Waals surface area contributed by atoms with Crippen molar-refractivity contribution < 1.29 is 0 Å². The Kier molecular flexibility index (Phi) is 4.53. The molecule has 0 N–H and O–H groups in total. The quantitative estimate of drug-likeness (QED) is 0.547. The van der Waals surface area contributed by atoms with Crippen LogP contribution in [0.25, 0.3) is 0 Å². The second-order valence-corrected chi connectivity index (χ2v) is 5.96. The van der Waals surface area contributed by atoms with Crippen LogP contribution in [-0.4, -0.2) is 11.1 Å². The van der Waals surface area contributed by atoms with Crippen LogP contribution in [0.2, 0.25) is 0 Å². The molecule has 0 aliphatic heterocycles. The number of rotatable bonds is 2. The van der Waals surface area contributed by atoms with Crippen molar-refractivity contribution in [3.63, 3.8) is 0 Å². The molecule has 4 nitrogen and oxygen atoms in total. The van der Waals surface area contributed by atoms with Crippen molar-refractivity contribution >= 4 is 0 Å². The van der Waals surface area contributed by atoms with Gasteiger partial charge in [-0.2, -0.15) is 20.8 Å². The molecule has 0 aromatic carbocycles. The van der Waals surface area contributed by atoms with Crippen molar-refractivity contribution in [2.75, 3.05) is 0 Å². The normalized spacial score (nSPS) is 26.2. The first-order valence-corrected chi connectivity index (χ1v) is 7.51. The zero-order chi connectivity index (χ0) is 13.6. The summed E-state index contributed by atoms with van der Waals surface area (Å²) in [6.45, 7) is 0. The van der Waals surface area contributed by atoms with Gasteiger partial charge in [-0.15, -0.1) is 0 Å². The molecule has 19 heavy (non-hydrogen) atoms. The minimum Gasteiger partial charge on any atom is -0.196 e. The lowest BCUT2D eigenvalue weighted by atomic mass is 9.84. The van der Waals surface area contributed by atoms with Crippen molar-refractivity contribution in [2.45, 2.75) is 81.7 Å². The molecule has 0 radical (unpaired) electrons. The van der Waals surface area contributed by atoms with Crippen molar-refractivity contribution in [2.24, 2.45) is 10.2 Å². The van der Waals surface area contributed by atoms with Gasteiger partial charge < -0.3 is 0 Å². The molecule has 0 bridgehead atoms. The molecule has 2 saturated carbocycles. The highest BCUT2D eigenvalue weighted by atomic mass is 15.2. The number of azo groups is 1. The third-order valence-electron chi connectivity index (χ3n) is 4.46. The van der Waals surface area contributed by atoms with Gasteiger partial charge in [0.1, 0.15) is 0 Å². The highest BCUT2D eigenvalue weighted by Crippen LogP contribution is 2.35. The number of hydrogen-bond donors (Lipinski definition) is 0. The maximum atomic E-state index is 9.47. The Morgan fingerprint density at radius 2 is 0.895 bits per heavy atom. The van der Waals surface area contributed by atoms with E-state index in [1.807, 2.05) is 0 Å². The van der Waals surface area contributed by atoms with E-state index in [0.717, 1.165) is 51.4 Å². The lowest BCUT2D eigenvalue weighted by Gasteiger charge is -2.27. The van der Waals surface area contributed by atoms with Gasteiger partial charge in [-0.05, 0) is 51.4 Å². The SMILES string of the molecule is N#CC1(/N=N/C2(C#N)CCCCC2)CCCCCC1. The Bertz CT molecular complexity index is 399. The van der Waals surface area contributed by atoms with Crippen LogP contribution in [0.5, 0.6) is 0 Å². The van der Waals surface area contributed by atoms with Crippen LogP contribution in [0.1, 0.15) is 70.6 Å². The monoisotopic (exact) mass is 258 g/mol. The van der Waals surface area contributed by atoms with Crippen LogP contribution < -0.4 is 0 Å². The van der Waals surface area contributed by atoms with Crippen molar-refractivity contribution in [3.05, 3.63) is 0 Å². The van der Waals surface area contributed by atoms with Crippen molar-refractivity contribution in [1.82, 2.24) is 0 Å². The van der Waals surface area contributed by atoms with Crippen LogP contribution in [0.15, 0.2) is 10.2 Å². The van der Waals surface area contributed by atoms with E-state index in [9.17, 15) is 10.5 Å². The Labute approximate surface area is 115 Å². The molecule has 0 spiro atoms. The molecule has 0 saturated heterocycles. The molecule has 0 aromatic heterocycles. The van der Waals surface area contributed by atoms with Crippen LogP contribution in [0, 0.1) is 22.7 Å². The van der Waals surface area contributed by atoms with E-state index in [4.69, 9.17) is 0 Å². The Hall–Kier alpha value is -1.42. The van der Waals surface area contributed by atoms with Gasteiger partial charge in [0.25, 0.3) is 0 Å². The summed E-state index contributed by atoms with van der Waals surface area (Å²) in [5, 5.41) is 27.6. The molecular formula is C15H22N4. The molecule has 0 heterocycles. The van der Waals surface area contributed by atoms with Gasteiger partial charge in [-0.25, -0.2) is 0 Å². The predicted molar refractivity (Wildman–Crippen MR) is 72.3 cm³/mol. The summed E-state index contributed by atoms with van der Waals surface area (Å²) in [6, 6.07) is 4.71. The summed E-state index contributed by atoms with van der Waals surface area (Å²) >= 11 is 0. The molecule has 0 atom stereocenters. The molecule has 2 aliphatic rings. The molecule has 2 aliphatic carbocycles. The predicted octanol–water partition coefficient (Wildman–Crippen LogP) is 4.28. The van der Waals surface area contributed by atoms with Gasteiger partial charge in [0.05, 0.1) is 12.1 Å². The van der Waals surface area contributed by atoms with E-state index < -0.39 is 11.1 Å². The minimum absolute atomic E-state index is 0.644. The summed E-state index contributed by atoms with van der Waals surface area (Å²) in [5.41, 5.74) is -1.30. The molecule has 102 valence electrons. The maximum Gasteiger partial charge on any atom is 0.167 e. The topological polar surface area (TPSA) is 72.3 Å². The molecule has 2 rings (SSSR count). The first-order valence-electron chi connectivity index (χ1n) is 7.51. The molecular weight excluding hydrogens is 236 g/mol. The fourth-order valence-corrected chi connectivity index (χ4v) is 3.11. The zero-order valence-electron chi connectivity index (χ0n) is 11.6. The zero-order valence-corrected chi connectivity index (χ0v) is 11.6. The Balaban J connectivity index is 2.14. The lowest BCUT2D eigenvalue weighted by molar-refractivity contribution is 0.334. The standard InChI is InChI=1S/C15H22N4/c16-12-14(8-4-1-2-5-9-14)18-19-15(13-17)10-6-3-7-11-15/h1-11H2/b19-18+. The third-order valence-corrected chi connectivity index (χ3v) is 4.46. The summed E-state index contributed by atoms with van der Waals surface area (Å²) in [5.74, 6) is 0. The van der Waals surface area contributed by atoms with Gasteiger partial charge in [-0.3, -0.25) is 0 Å². The summed E-state index contributed by atoms with van der Waals surface area (Å²) < 4.78 is 0. The number of nitrogens with zero attached hydrogens (tertiary/aromatic N) is 4. The third kappa shape index (κ3) is 3.32. The van der Waals surface area contributed by atoms with Gasteiger partial charge in [0, 0.05) is 0 Å². The van der Waals surface area contributed by atoms with Crippen molar-refractivity contribution in [3.8, 4) is 12.1 Å². The smallest absolute Gasteiger partial charge is 0.167 e. The van der Waals surface area contributed by atoms with E-state index in [1.165, 1.54) is 19.3 Å². The Morgan fingerprint density at radius 3 is 1.21 bits per heavy atom. The fourth-order valence-electron chi connectivity index (χ4n) is 3.11. The highest BCUT2D eigenvalue weighted by Gasteiger charge is 2.36. The second-order valence-electron chi connectivity index (χ2n) is 5.96. The second kappa shape index (κ2) is 6.15. The average Bonchev–Trinajstić information content (AvgIpc) is 2.72. The van der Waals surface area contributed by atoms with E-state index >= 15 is 0 Å². The summed E-state index contributed by atoms with van der Waals surface area (Å²) in [4.78, 5) is 0. The molecule has 0 amide bonds. The van der Waals surface area contributed by atoms with Gasteiger partial charge in [0.15, 0.2) is 11.1 Å². The first-order chi connectivity index (χ1) is 9.24. The Morgan fingerprint density at radius 1 is 0.579 bits per heavy atom. The number of hydrogen-bond acceptors (Lipinski definition) is 4. The molecule has 4 heteroatoms. The summed E-state index contributed by atoms with van der Waals surface area (Å²) in [6.07, 6.45) is 10.9. The van der Waals surface area contributed by atoms with Crippen LogP contribution in [0.4, 0.5) is 0 Å². The van der Waals surface area contributed by atoms with Gasteiger partial charge >= 0.3 is 0 Å². The van der Waals surface area contributed by atoms with Crippen LogP contribution >= 0.6 is 0 Å². The highest BCUT2D eigenvalue weighted by molar-refractivity contribution is 5.11. The lowest BCUT2D eigenvalue weighted by Crippen LogP contribution is -2.29. The average molecular weight is 258 g/mol. The van der Waals surface area contributed by atoms with Gasteiger partial charge in [-0.1, -0.05) is 19.3 Å². The maximum absolute atomic E-state index is 9.47. The fraction of sp³-hybridized carbons (Fsp3) is 0.867. The van der Waals surface area contributed by atoms with Crippen LogP contribution in [-0.2, 0) is 0 Å². The van der Waals surface area contributed by atoms with E-state index in [2.05, 4.69) is 22.4 Å². The van der Waals surface area contributed by atoms with E-state index in [0.29, 0.717) is 0 Å². The largest absolute Gasteiger partial charge is 0.196 e. The number of nitriles is 2. The molecule has 0 aromatic rings. The minimum atomic E-state index is -0.655. The van der Waals surface area contributed by atoms with Gasteiger partial charge in [0.2, 0.25) is 0 Å². The summed E-state index contributed by atoms with van der Waals surface area (Å²) in [7, 11) is 0. The van der Waals surface area contributed by atoms with E-state index in [1.54, 1.807) is 0 Å². The first kappa shape index (κ1) is 14.0. The van der Waals surface area contributed by atoms with Crippen LogP contribution in [0.3, 0.4) is 0 Å². The molecule has 0 unspecified atom stereocenters. The van der Waals surface area contributed by atoms with Crippen molar-refractivity contribution in [1.29, 1.82) is 10.5 Å². The molecule has 2 fully saturated rings. The van der Waals surface area contributed by atoms with E-state index in [-0.39, 0.29) is 0 Å².